The molecule has 0 spiro atoms. The summed E-state index contributed by atoms with van der Waals surface area (Å²) < 4.78 is 0. The van der Waals surface area contributed by atoms with Crippen LogP contribution in [0.5, 0.6) is 0 Å². The maximum Gasteiger partial charge on any atom is -0.0193 e. The summed E-state index contributed by atoms with van der Waals surface area (Å²) in [5, 5.41) is 0. The second-order valence-corrected chi connectivity index (χ2v) is 3.65. The van der Waals surface area contributed by atoms with Crippen molar-refractivity contribution in [3.63, 3.8) is 0 Å². The first-order valence-electron chi connectivity index (χ1n) is 6.72. The maximum absolute atomic E-state index is 2.31. The molecule has 1 atom stereocenters. The lowest BCUT2D eigenvalue weighted by molar-refractivity contribution is 0.732. The molecule has 0 heteroatoms. The SMILES string of the molecule is CC.CC.CC[C@@H](C)c1ccc(C)c(C)c1. The molecule has 0 N–H and O–H groups in total. The van der Waals surface area contributed by atoms with E-state index in [2.05, 4.69) is 45.9 Å². The fraction of sp³-hybridized carbons (Fsp3) is 0.625. The summed E-state index contributed by atoms with van der Waals surface area (Å²) >= 11 is 0. The van der Waals surface area contributed by atoms with Crippen LogP contribution in [0.25, 0.3) is 0 Å². The van der Waals surface area contributed by atoms with E-state index in [1.54, 1.807) is 0 Å². The van der Waals surface area contributed by atoms with Gasteiger partial charge in [0.15, 0.2) is 0 Å². The van der Waals surface area contributed by atoms with Gasteiger partial charge in [-0.25, -0.2) is 0 Å². The molecule has 0 fully saturated rings. The highest BCUT2D eigenvalue weighted by molar-refractivity contribution is 5.31. The minimum absolute atomic E-state index is 0.698. The molecule has 1 rings (SSSR count). The van der Waals surface area contributed by atoms with Crippen molar-refractivity contribution in [2.24, 2.45) is 0 Å². The summed E-state index contributed by atoms with van der Waals surface area (Å²) in [4.78, 5) is 0. The van der Waals surface area contributed by atoms with Crippen LogP contribution in [0.1, 0.15) is 70.6 Å². The molecule has 0 aromatic heterocycles. The molecule has 0 amide bonds. The highest BCUT2D eigenvalue weighted by atomic mass is 14.1. The fourth-order valence-corrected chi connectivity index (χ4v) is 1.31. The largest absolute Gasteiger partial charge is 0.0683 e. The molecule has 0 bridgehead atoms. The third kappa shape index (κ3) is 5.95. The third-order valence-electron chi connectivity index (χ3n) is 2.71. The van der Waals surface area contributed by atoms with Crippen LogP contribution in [0.3, 0.4) is 0 Å². The summed E-state index contributed by atoms with van der Waals surface area (Å²) in [6.07, 6.45) is 1.22. The van der Waals surface area contributed by atoms with Gasteiger partial charge in [0.1, 0.15) is 0 Å². The van der Waals surface area contributed by atoms with Crippen LogP contribution in [0.4, 0.5) is 0 Å². The molecule has 16 heavy (non-hydrogen) atoms. The predicted octanol–water partition coefficient (Wildman–Crippen LogP) is 5.87. The Morgan fingerprint density at radius 1 is 0.938 bits per heavy atom. The van der Waals surface area contributed by atoms with E-state index in [-0.39, 0.29) is 0 Å². The van der Waals surface area contributed by atoms with Crippen LogP contribution in [-0.4, -0.2) is 0 Å². The van der Waals surface area contributed by atoms with Gasteiger partial charge in [0, 0.05) is 0 Å². The van der Waals surface area contributed by atoms with Crippen LogP contribution >= 0.6 is 0 Å². The molecule has 1 aromatic rings. The van der Waals surface area contributed by atoms with E-state index in [1.165, 1.54) is 23.1 Å². The summed E-state index contributed by atoms with van der Waals surface area (Å²) in [6.45, 7) is 16.9. The molecule has 0 saturated heterocycles. The fourth-order valence-electron chi connectivity index (χ4n) is 1.31. The zero-order chi connectivity index (χ0) is 13.1. The van der Waals surface area contributed by atoms with Gasteiger partial charge in [0.2, 0.25) is 0 Å². The maximum atomic E-state index is 2.31. The minimum Gasteiger partial charge on any atom is -0.0683 e. The molecule has 0 unspecified atom stereocenters. The average molecular weight is 222 g/mol. The Bertz CT molecular complexity index is 261. The molecule has 0 heterocycles. The normalized spacial score (nSPS) is 10.5. The summed E-state index contributed by atoms with van der Waals surface area (Å²) in [6, 6.07) is 6.77. The van der Waals surface area contributed by atoms with Gasteiger partial charge in [-0.3, -0.25) is 0 Å². The van der Waals surface area contributed by atoms with Crippen LogP contribution in [-0.2, 0) is 0 Å². The average Bonchev–Trinajstić information content (AvgIpc) is 2.36. The Morgan fingerprint density at radius 2 is 1.44 bits per heavy atom. The lowest BCUT2D eigenvalue weighted by atomic mass is 9.95. The number of hydrogen-bond donors (Lipinski definition) is 0. The first-order valence-corrected chi connectivity index (χ1v) is 6.72. The molecule has 0 aliphatic carbocycles. The molecule has 0 radical (unpaired) electrons. The van der Waals surface area contributed by atoms with E-state index in [0.29, 0.717) is 5.92 Å². The monoisotopic (exact) mass is 222 g/mol. The van der Waals surface area contributed by atoms with E-state index in [0.717, 1.165) is 0 Å². The van der Waals surface area contributed by atoms with Gasteiger partial charge in [-0.05, 0) is 42.9 Å². The second kappa shape index (κ2) is 10.7. The van der Waals surface area contributed by atoms with Crippen LogP contribution in [0.2, 0.25) is 0 Å². The molecule has 1 aromatic carbocycles. The second-order valence-electron chi connectivity index (χ2n) is 3.65. The van der Waals surface area contributed by atoms with Gasteiger partial charge in [0.25, 0.3) is 0 Å². The van der Waals surface area contributed by atoms with Gasteiger partial charge in [-0.1, -0.05) is 59.7 Å². The van der Waals surface area contributed by atoms with Gasteiger partial charge in [-0.2, -0.15) is 0 Å². The summed E-state index contributed by atoms with van der Waals surface area (Å²) in [5.41, 5.74) is 4.27. The van der Waals surface area contributed by atoms with E-state index >= 15 is 0 Å². The highest BCUT2D eigenvalue weighted by Gasteiger charge is 2.02. The van der Waals surface area contributed by atoms with Crippen molar-refractivity contribution in [2.45, 2.75) is 67.7 Å². The van der Waals surface area contributed by atoms with Crippen molar-refractivity contribution in [3.05, 3.63) is 34.9 Å². The molecule has 0 aliphatic heterocycles. The minimum atomic E-state index is 0.698. The Hall–Kier alpha value is -0.780. The zero-order valence-electron chi connectivity index (χ0n) is 12.5. The Kier molecular flexibility index (Phi) is 11.8. The van der Waals surface area contributed by atoms with E-state index in [4.69, 9.17) is 0 Å². The van der Waals surface area contributed by atoms with Crippen molar-refractivity contribution in [1.82, 2.24) is 0 Å². The van der Waals surface area contributed by atoms with E-state index in [9.17, 15) is 0 Å². The molecular formula is C16H30. The van der Waals surface area contributed by atoms with Gasteiger partial charge in [-0.15, -0.1) is 0 Å². The van der Waals surface area contributed by atoms with Crippen molar-refractivity contribution in [1.29, 1.82) is 0 Å². The van der Waals surface area contributed by atoms with Crippen molar-refractivity contribution in [2.75, 3.05) is 0 Å². The van der Waals surface area contributed by atoms with Crippen LogP contribution in [0, 0.1) is 13.8 Å². The van der Waals surface area contributed by atoms with Crippen LogP contribution in [0.15, 0.2) is 18.2 Å². The van der Waals surface area contributed by atoms with Crippen molar-refractivity contribution < 1.29 is 0 Å². The standard InChI is InChI=1S/C12H18.2C2H6/c1-5-9(2)12-7-6-10(3)11(4)8-12;2*1-2/h6-9H,5H2,1-4H3;2*1-2H3/t9-;;/m1../s1. The topological polar surface area (TPSA) is 0 Å². The summed E-state index contributed by atoms with van der Waals surface area (Å²) in [7, 11) is 0. The Morgan fingerprint density at radius 3 is 1.81 bits per heavy atom. The van der Waals surface area contributed by atoms with Crippen molar-refractivity contribution >= 4 is 0 Å². The smallest absolute Gasteiger partial charge is 0.0193 e. The van der Waals surface area contributed by atoms with Gasteiger partial charge in [0.05, 0.1) is 0 Å². The molecule has 0 aliphatic rings. The molecule has 94 valence electrons. The first kappa shape index (κ1) is 17.6. The molecular weight excluding hydrogens is 192 g/mol. The number of benzene rings is 1. The highest BCUT2D eigenvalue weighted by Crippen LogP contribution is 2.20. The van der Waals surface area contributed by atoms with E-state index < -0.39 is 0 Å². The third-order valence-corrected chi connectivity index (χ3v) is 2.71. The van der Waals surface area contributed by atoms with E-state index in [1.807, 2.05) is 27.7 Å². The van der Waals surface area contributed by atoms with Crippen LogP contribution < -0.4 is 0 Å². The number of hydrogen-bond acceptors (Lipinski definition) is 0. The lowest BCUT2D eigenvalue weighted by Gasteiger charge is -2.10. The van der Waals surface area contributed by atoms with Crippen molar-refractivity contribution in [3.8, 4) is 0 Å². The number of aryl methyl sites for hydroxylation is 2. The van der Waals surface area contributed by atoms with Gasteiger partial charge >= 0.3 is 0 Å². The molecule has 0 saturated carbocycles. The Labute approximate surface area is 103 Å². The van der Waals surface area contributed by atoms with Gasteiger partial charge < -0.3 is 0 Å². The summed E-state index contributed by atoms with van der Waals surface area (Å²) in [5.74, 6) is 0.698. The quantitative estimate of drug-likeness (QED) is 0.587. The lowest BCUT2D eigenvalue weighted by Crippen LogP contribution is -1.92. The zero-order valence-corrected chi connectivity index (χ0v) is 12.5. The first-order chi connectivity index (χ1) is 7.65. The molecule has 0 nitrogen and oxygen atoms in total. The number of rotatable bonds is 2. The Balaban J connectivity index is 0. The predicted molar refractivity (Wildman–Crippen MR) is 77.3 cm³/mol.